The molecule has 3 rings (SSSR count). The van der Waals surface area contributed by atoms with Crippen molar-refractivity contribution < 1.29 is 14.3 Å². The Morgan fingerprint density at radius 1 is 1.52 bits per heavy atom. The van der Waals surface area contributed by atoms with Crippen molar-refractivity contribution in [2.24, 2.45) is 0 Å². The molecule has 7 nitrogen and oxygen atoms in total. The molecular weight excluding hydrogens is 340 g/mol. The third-order valence-corrected chi connectivity index (χ3v) is 5.61. The highest BCUT2D eigenvalue weighted by atomic mass is 32.1. The lowest BCUT2D eigenvalue weighted by atomic mass is 10.2. The van der Waals surface area contributed by atoms with Gasteiger partial charge < -0.3 is 19.7 Å². The maximum absolute atomic E-state index is 12.7. The maximum Gasteiger partial charge on any atom is 0.264 e. The largest absolute Gasteiger partial charge is 0.383 e. The summed E-state index contributed by atoms with van der Waals surface area (Å²) in [4.78, 5) is 24.6. The zero-order valence-corrected chi connectivity index (χ0v) is 15.7. The summed E-state index contributed by atoms with van der Waals surface area (Å²) in [5, 5.41) is 4.30. The van der Waals surface area contributed by atoms with Gasteiger partial charge in [-0.2, -0.15) is 0 Å². The minimum Gasteiger partial charge on any atom is -0.383 e. The minimum atomic E-state index is -0.0115. The first-order chi connectivity index (χ1) is 12.1. The van der Waals surface area contributed by atoms with E-state index in [2.05, 4.69) is 15.3 Å². The van der Waals surface area contributed by atoms with E-state index < -0.39 is 0 Å². The molecule has 1 aliphatic heterocycles. The van der Waals surface area contributed by atoms with Crippen molar-refractivity contribution >= 4 is 33.3 Å². The third kappa shape index (κ3) is 3.91. The molecule has 0 radical (unpaired) electrons. The van der Waals surface area contributed by atoms with Gasteiger partial charge in [0.1, 0.15) is 17.0 Å². The fourth-order valence-corrected chi connectivity index (χ4v) is 4.07. The zero-order valence-electron chi connectivity index (χ0n) is 14.9. The smallest absolute Gasteiger partial charge is 0.264 e. The first-order valence-corrected chi connectivity index (χ1v) is 9.27. The molecule has 2 aromatic rings. The van der Waals surface area contributed by atoms with Gasteiger partial charge in [-0.05, 0) is 25.3 Å². The van der Waals surface area contributed by atoms with Gasteiger partial charge in [-0.15, -0.1) is 11.3 Å². The number of fused-ring (bicyclic) bond motifs is 1. The Morgan fingerprint density at radius 3 is 3.08 bits per heavy atom. The highest BCUT2D eigenvalue weighted by Crippen LogP contribution is 2.34. The summed E-state index contributed by atoms with van der Waals surface area (Å²) in [6.07, 6.45) is 3.94. The number of nitrogens with zero attached hydrogens (tertiary/aromatic N) is 3. The average Bonchev–Trinajstić information content (AvgIpc) is 3.25. The second-order valence-corrected chi connectivity index (χ2v) is 7.19. The first kappa shape index (κ1) is 18.0. The minimum absolute atomic E-state index is 0.0115. The first-order valence-electron chi connectivity index (χ1n) is 8.45. The van der Waals surface area contributed by atoms with E-state index >= 15 is 0 Å². The summed E-state index contributed by atoms with van der Waals surface area (Å²) in [5.74, 6) is 0.760. The van der Waals surface area contributed by atoms with Crippen LogP contribution < -0.4 is 5.32 Å². The van der Waals surface area contributed by atoms with Gasteiger partial charge in [-0.3, -0.25) is 4.79 Å². The predicted molar refractivity (Wildman–Crippen MR) is 98.5 cm³/mol. The summed E-state index contributed by atoms with van der Waals surface area (Å²) in [5.41, 5.74) is 0.921. The standard InChI is InChI=1S/C17H24N4O3S/c1-11-13-15(18-9-12-5-4-7-24-12)19-10-20-16(13)25-14(11)17(22)21(2)6-8-23-3/h10,12H,4-9H2,1-3H3,(H,18,19,20). The number of ether oxygens (including phenoxy) is 2. The van der Waals surface area contributed by atoms with Crippen molar-refractivity contribution in [3.8, 4) is 0 Å². The average molecular weight is 364 g/mol. The Kier molecular flexibility index (Phi) is 5.82. The highest BCUT2D eigenvalue weighted by Gasteiger charge is 2.22. The van der Waals surface area contributed by atoms with Gasteiger partial charge >= 0.3 is 0 Å². The fourth-order valence-electron chi connectivity index (χ4n) is 2.93. The van der Waals surface area contributed by atoms with E-state index in [1.54, 1.807) is 25.4 Å². The highest BCUT2D eigenvalue weighted by molar-refractivity contribution is 7.20. The SMILES string of the molecule is COCCN(C)C(=O)c1sc2ncnc(NCC3CCCO3)c2c1C. The molecule has 0 spiro atoms. The number of carbonyl (C=O) groups is 1. The molecule has 1 saturated heterocycles. The van der Waals surface area contributed by atoms with Crippen LogP contribution in [0, 0.1) is 6.92 Å². The van der Waals surface area contributed by atoms with Gasteiger partial charge in [0.15, 0.2) is 0 Å². The van der Waals surface area contributed by atoms with E-state index in [0.29, 0.717) is 18.0 Å². The number of nitrogens with one attached hydrogen (secondary N) is 1. The number of thiophene rings is 1. The Hall–Kier alpha value is -1.77. The molecule has 0 bridgehead atoms. The molecular formula is C17H24N4O3S. The van der Waals surface area contributed by atoms with Gasteiger partial charge in [-0.25, -0.2) is 9.97 Å². The van der Waals surface area contributed by atoms with Crippen LogP contribution in [0.25, 0.3) is 10.2 Å². The molecule has 1 N–H and O–H groups in total. The molecule has 3 heterocycles. The van der Waals surface area contributed by atoms with Crippen LogP contribution in [0.2, 0.25) is 0 Å². The van der Waals surface area contributed by atoms with Crippen molar-refractivity contribution in [1.82, 2.24) is 14.9 Å². The summed E-state index contributed by atoms with van der Waals surface area (Å²) in [7, 11) is 3.41. The second-order valence-electron chi connectivity index (χ2n) is 6.19. The van der Waals surface area contributed by atoms with Gasteiger partial charge in [0.2, 0.25) is 0 Å². The van der Waals surface area contributed by atoms with Crippen LogP contribution in [0.5, 0.6) is 0 Å². The molecule has 8 heteroatoms. The van der Waals surface area contributed by atoms with E-state index in [9.17, 15) is 4.79 Å². The molecule has 1 unspecified atom stereocenters. The molecule has 1 atom stereocenters. The lowest BCUT2D eigenvalue weighted by Gasteiger charge is -2.16. The molecule has 25 heavy (non-hydrogen) atoms. The lowest BCUT2D eigenvalue weighted by molar-refractivity contribution is 0.0748. The van der Waals surface area contributed by atoms with Gasteiger partial charge in [0.25, 0.3) is 5.91 Å². The number of likely N-dealkylation sites (N-methyl/N-ethyl adjacent to an activating group) is 1. The number of anilines is 1. The fraction of sp³-hybridized carbons (Fsp3) is 0.588. The van der Waals surface area contributed by atoms with Crippen molar-refractivity contribution in [3.05, 3.63) is 16.8 Å². The van der Waals surface area contributed by atoms with Crippen LogP contribution in [0.1, 0.15) is 28.1 Å². The molecule has 0 aromatic carbocycles. The maximum atomic E-state index is 12.7. The van der Waals surface area contributed by atoms with E-state index in [4.69, 9.17) is 9.47 Å². The Morgan fingerprint density at radius 2 is 2.36 bits per heavy atom. The number of hydrogen-bond donors (Lipinski definition) is 1. The number of methoxy groups -OCH3 is 1. The van der Waals surface area contributed by atoms with Crippen LogP contribution in [0.4, 0.5) is 5.82 Å². The number of amides is 1. The van der Waals surface area contributed by atoms with E-state index in [1.807, 2.05) is 6.92 Å². The molecule has 1 fully saturated rings. The molecule has 2 aromatic heterocycles. The van der Waals surface area contributed by atoms with Crippen molar-refractivity contribution in [2.45, 2.75) is 25.9 Å². The number of rotatable bonds is 7. The Labute approximate surface area is 151 Å². The number of aryl methyl sites for hydroxylation is 1. The summed E-state index contributed by atoms with van der Waals surface area (Å²) in [6, 6.07) is 0. The summed E-state index contributed by atoms with van der Waals surface area (Å²) in [6.45, 7) is 4.57. The van der Waals surface area contributed by atoms with Crippen LogP contribution in [0.3, 0.4) is 0 Å². The summed E-state index contributed by atoms with van der Waals surface area (Å²) < 4.78 is 10.7. The summed E-state index contributed by atoms with van der Waals surface area (Å²) >= 11 is 1.41. The molecule has 136 valence electrons. The monoisotopic (exact) mass is 364 g/mol. The molecule has 1 amide bonds. The zero-order chi connectivity index (χ0) is 17.8. The normalized spacial score (nSPS) is 17.2. The van der Waals surface area contributed by atoms with Crippen LogP contribution in [0.15, 0.2) is 6.33 Å². The van der Waals surface area contributed by atoms with Crippen LogP contribution >= 0.6 is 11.3 Å². The van der Waals surface area contributed by atoms with Crippen LogP contribution in [-0.2, 0) is 9.47 Å². The second kappa shape index (κ2) is 8.07. The number of carbonyl (C=O) groups excluding carboxylic acids is 1. The predicted octanol–water partition coefficient (Wildman–Crippen LogP) is 2.31. The topological polar surface area (TPSA) is 76.6 Å². The van der Waals surface area contributed by atoms with Gasteiger partial charge in [-0.1, -0.05) is 0 Å². The Balaban J connectivity index is 1.83. The van der Waals surface area contributed by atoms with Crippen molar-refractivity contribution in [2.75, 3.05) is 45.8 Å². The number of aromatic nitrogens is 2. The molecule has 0 saturated carbocycles. The van der Waals surface area contributed by atoms with Crippen LogP contribution in [-0.4, -0.2) is 67.3 Å². The molecule has 0 aliphatic carbocycles. The van der Waals surface area contributed by atoms with Crippen molar-refractivity contribution in [3.63, 3.8) is 0 Å². The third-order valence-electron chi connectivity index (χ3n) is 4.42. The van der Waals surface area contributed by atoms with E-state index in [1.165, 1.54) is 11.3 Å². The van der Waals surface area contributed by atoms with Gasteiger partial charge in [0.05, 0.1) is 23.0 Å². The van der Waals surface area contributed by atoms with Crippen molar-refractivity contribution in [1.29, 1.82) is 0 Å². The quantitative estimate of drug-likeness (QED) is 0.812. The van der Waals surface area contributed by atoms with E-state index in [0.717, 1.165) is 47.6 Å². The molecule has 1 aliphatic rings. The number of hydrogen-bond acceptors (Lipinski definition) is 7. The Bertz CT molecular complexity index is 743. The van der Waals surface area contributed by atoms with Gasteiger partial charge in [0, 0.05) is 33.9 Å². The van der Waals surface area contributed by atoms with E-state index in [-0.39, 0.29) is 12.0 Å². The lowest BCUT2D eigenvalue weighted by Crippen LogP contribution is -2.29.